The first-order chi connectivity index (χ1) is 8.15. The maximum atomic E-state index is 12.0. The molecule has 98 valence electrons. The Kier molecular flexibility index (Phi) is 3.84. The van der Waals surface area contributed by atoms with E-state index in [2.05, 4.69) is 11.3 Å². The van der Waals surface area contributed by atoms with Crippen molar-refractivity contribution < 1.29 is 22.7 Å². The molecule has 0 spiro atoms. The highest BCUT2D eigenvalue weighted by Gasteiger charge is 2.31. The van der Waals surface area contributed by atoms with Crippen LogP contribution in [0, 0.1) is 5.41 Å². The monoisotopic (exact) mass is 258 g/mol. The summed E-state index contributed by atoms with van der Waals surface area (Å²) in [6.07, 6.45) is -3.23. The number of benzene rings is 1. The molecule has 0 aliphatic rings. The predicted molar refractivity (Wildman–Crippen MR) is 61.4 cm³/mol. The Bertz CT molecular complexity index is 444. The molecule has 0 radical (unpaired) electrons. The lowest BCUT2D eigenvalue weighted by Crippen LogP contribution is -2.21. The van der Waals surface area contributed by atoms with Crippen LogP contribution in [0.4, 0.5) is 13.2 Å². The highest BCUT2D eigenvalue weighted by atomic mass is 19.4. The molecule has 1 aromatic carbocycles. The summed E-state index contributed by atoms with van der Waals surface area (Å²) in [5.74, 6) is -0.563. The lowest BCUT2D eigenvalue weighted by Gasteiger charge is -2.18. The van der Waals surface area contributed by atoms with Crippen molar-refractivity contribution in [2.45, 2.75) is 20.2 Å². The Hall–Kier alpha value is -1.78. The van der Waals surface area contributed by atoms with Crippen molar-refractivity contribution in [3.8, 4) is 5.75 Å². The molecule has 0 atom stereocenters. The molecule has 0 aliphatic heterocycles. The van der Waals surface area contributed by atoms with Crippen molar-refractivity contribution in [2.75, 3.05) is 0 Å². The maximum absolute atomic E-state index is 12.0. The van der Waals surface area contributed by atoms with Gasteiger partial charge in [-0.05, 0) is 38.1 Å². The smallest absolute Gasteiger partial charge is 0.406 e. The van der Waals surface area contributed by atoms with Crippen LogP contribution in [0.15, 0.2) is 36.9 Å². The molecular formula is C13H13F3O2. The number of hydrogen-bond donors (Lipinski definition) is 0. The second-order valence-corrected chi connectivity index (χ2v) is 4.33. The highest BCUT2D eigenvalue weighted by Crippen LogP contribution is 2.26. The average molecular weight is 258 g/mol. The lowest BCUT2D eigenvalue weighted by atomic mass is 9.84. The van der Waals surface area contributed by atoms with E-state index in [0.29, 0.717) is 5.56 Å². The third-order valence-corrected chi connectivity index (χ3v) is 2.45. The maximum Gasteiger partial charge on any atom is 0.573 e. The molecule has 0 N–H and O–H groups in total. The van der Waals surface area contributed by atoms with Crippen LogP contribution >= 0.6 is 0 Å². The fourth-order valence-corrected chi connectivity index (χ4v) is 1.27. The summed E-state index contributed by atoms with van der Waals surface area (Å²) < 4.78 is 39.5. The zero-order valence-corrected chi connectivity index (χ0v) is 10.0. The van der Waals surface area contributed by atoms with Gasteiger partial charge < -0.3 is 4.74 Å². The zero-order chi connectivity index (χ0) is 14.0. The van der Waals surface area contributed by atoms with Gasteiger partial charge in [0, 0.05) is 11.0 Å². The first-order valence-corrected chi connectivity index (χ1v) is 5.20. The molecule has 0 amide bonds. The quantitative estimate of drug-likeness (QED) is 0.603. The summed E-state index contributed by atoms with van der Waals surface area (Å²) >= 11 is 0. The van der Waals surface area contributed by atoms with Gasteiger partial charge in [0.05, 0.1) is 0 Å². The van der Waals surface area contributed by atoms with Gasteiger partial charge in [-0.25, -0.2) is 0 Å². The van der Waals surface area contributed by atoms with E-state index in [0.717, 1.165) is 12.1 Å². The van der Waals surface area contributed by atoms with Crippen molar-refractivity contribution in [1.29, 1.82) is 0 Å². The Morgan fingerprint density at radius 1 is 1.22 bits per heavy atom. The largest absolute Gasteiger partial charge is 0.573 e. The van der Waals surface area contributed by atoms with Gasteiger partial charge in [-0.15, -0.1) is 19.8 Å². The topological polar surface area (TPSA) is 26.3 Å². The van der Waals surface area contributed by atoms with Gasteiger partial charge in [-0.2, -0.15) is 0 Å². The van der Waals surface area contributed by atoms with E-state index in [-0.39, 0.29) is 11.5 Å². The molecule has 0 bridgehead atoms. The van der Waals surface area contributed by atoms with Crippen LogP contribution in [0.25, 0.3) is 0 Å². The minimum atomic E-state index is -4.73. The number of carbonyl (C=O) groups excluding carboxylic acids is 1. The first kappa shape index (κ1) is 14.3. The molecule has 0 saturated heterocycles. The van der Waals surface area contributed by atoms with Gasteiger partial charge in [0.25, 0.3) is 0 Å². The fraction of sp³-hybridized carbons (Fsp3) is 0.308. The first-order valence-electron chi connectivity index (χ1n) is 5.20. The number of ether oxygens (including phenoxy) is 1. The summed E-state index contributed by atoms with van der Waals surface area (Å²) in [6.45, 7) is 6.92. The molecule has 1 aromatic rings. The van der Waals surface area contributed by atoms with Crippen LogP contribution < -0.4 is 4.74 Å². The summed E-state index contributed by atoms with van der Waals surface area (Å²) in [7, 11) is 0. The van der Waals surface area contributed by atoms with Crippen molar-refractivity contribution in [3.05, 3.63) is 42.5 Å². The Morgan fingerprint density at radius 2 is 1.72 bits per heavy atom. The number of hydrogen-bond acceptors (Lipinski definition) is 2. The van der Waals surface area contributed by atoms with Crippen molar-refractivity contribution in [1.82, 2.24) is 0 Å². The number of carbonyl (C=O) groups is 1. The van der Waals surface area contributed by atoms with Crippen LogP contribution in [-0.4, -0.2) is 12.1 Å². The van der Waals surface area contributed by atoms with E-state index in [1.54, 1.807) is 13.8 Å². The summed E-state index contributed by atoms with van der Waals surface area (Å²) in [5, 5.41) is 0. The van der Waals surface area contributed by atoms with Crippen molar-refractivity contribution >= 4 is 5.78 Å². The molecule has 5 heteroatoms. The molecule has 2 nitrogen and oxygen atoms in total. The van der Waals surface area contributed by atoms with Crippen molar-refractivity contribution in [3.63, 3.8) is 0 Å². The second kappa shape index (κ2) is 4.84. The van der Waals surface area contributed by atoms with E-state index in [4.69, 9.17) is 0 Å². The number of Topliss-reactive ketones (excluding diaryl/α,β-unsaturated/α-hetero) is 1. The highest BCUT2D eigenvalue weighted by molar-refractivity contribution is 6.01. The van der Waals surface area contributed by atoms with Crippen LogP contribution in [0.1, 0.15) is 24.2 Å². The van der Waals surface area contributed by atoms with E-state index >= 15 is 0 Å². The number of allylic oxidation sites excluding steroid dienone is 1. The Labute approximate surface area is 103 Å². The number of ketones is 1. The van der Waals surface area contributed by atoms with Gasteiger partial charge in [0.15, 0.2) is 5.78 Å². The van der Waals surface area contributed by atoms with E-state index in [9.17, 15) is 18.0 Å². The average Bonchev–Trinajstić information content (AvgIpc) is 2.27. The SMILES string of the molecule is C=CC(C)(C)C(=O)c1ccc(OC(F)(F)F)cc1. The van der Waals surface area contributed by atoms with Gasteiger partial charge in [0.1, 0.15) is 5.75 Å². The number of alkyl halides is 3. The normalized spacial score (nSPS) is 12.1. The number of rotatable bonds is 4. The van der Waals surface area contributed by atoms with Crippen molar-refractivity contribution in [2.24, 2.45) is 5.41 Å². The molecule has 0 unspecified atom stereocenters. The van der Waals surface area contributed by atoms with Gasteiger partial charge in [0.2, 0.25) is 0 Å². The molecule has 0 aromatic heterocycles. The molecule has 18 heavy (non-hydrogen) atoms. The second-order valence-electron chi connectivity index (χ2n) is 4.33. The van der Waals surface area contributed by atoms with Crippen LogP contribution in [0.2, 0.25) is 0 Å². The van der Waals surface area contributed by atoms with Gasteiger partial charge >= 0.3 is 6.36 Å². The summed E-state index contributed by atoms with van der Waals surface area (Å²) in [4.78, 5) is 12.0. The summed E-state index contributed by atoms with van der Waals surface area (Å²) in [6, 6.07) is 4.82. The fourth-order valence-electron chi connectivity index (χ4n) is 1.27. The minimum Gasteiger partial charge on any atom is -0.406 e. The third kappa shape index (κ3) is 3.61. The molecule has 0 heterocycles. The third-order valence-electron chi connectivity index (χ3n) is 2.45. The van der Waals surface area contributed by atoms with Gasteiger partial charge in [-0.3, -0.25) is 4.79 Å². The zero-order valence-electron chi connectivity index (χ0n) is 10.0. The van der Waals surface area contributed by atoms with E-state index < -0.39 is 11.8 Å². The van der Waals surface area contributed by atoms with E-state index in [1.807, 2.05) is 0 Å². The Balaban J connectivity index is 2.90. The Morgan fingerprint density at radius 3 is 2.11 bits per heavy atom. The summed E-state index contributed by atoms with van der Waals surface area (Å²) in [5.41, 5.74) is -0.443. The minimum absolute atomic E-state index is 0.212. The molecule has 0 saturated carbocycles. The molecule has 0 aliphatic carbocycles. The number of halogens is 3. The van der Waals surface area contributed by atoms with E-state index in [1.165, 1.54) is 18.2 Å². The molecular weight excluding hydrogens is 245 g/mol. The van der Waals surface area contributed by atoms with Gasteiger partial charge in [-0.1, -0.05) is 6.08 Å². The molecule has 0 fully saturated rings. The standard InChI is InChI=1S/C13H13F3O2/c1-4-12(2,3)11(17)9-5-7-10(8-6-9)18-13(14,15)16/h4-8H,1H2,2-3H3. The molecule has 1 rings (SSSR count). The lowest BCUT2D eigenvalue weighted by molar-refractivity contribution is -0.274. The predicted octanol–water partition coefficient (Wildman–Crippen LogP) is 3.98. The van der Waals surface area contributed by atoms with Crippen LogP contribution in [0.3, 0.4) is 0 Å². The van der Waals surface area contributed by atoms with Crippen LogP contribution in [0.5, 0.6) is 5.75 Å². The van der Waals surface area contributed by atoms with Crippen LogP contribution in [-0.2, 0) is 0 Å².